The molecule has 0 atom stereocenters. The largest absolute Gasteiger partial charge is 0.312 e. The zero-order valence-electron chi connectivity index (χ0n) is 16.0. The molecule has 2 aromatic rings. The standard InChI is InChI=1S/C21H23F2NO3S/c1-3-10-24-18-8-5-15(11-16(18)7-9-19(24)25)12-28(26,27)13-17-6-4-14(2)20(22)21(17)23/h4-6,8,11H,3,7,9-10,12-13H2,1-2H3. The van der Waals surface area contributed by atoms with Crippen molar-refractivity contribution >= 4 is 21.4 Å². The second-order valence-corrected chi connectivity index (χ2v) is 9.27. The molecule has 0 saturated carbocycles. The van der Waals surface area contributed by atoms with Crippen LogP contribution in [0.5, 0.6) is 0 Å². The Morgan fingerprint density at radius 1 is 1.04 bits per heavy atom. The number of hydrogen-bond donors (Lipinski definition) is 0. The monoisotopic (exact) mass is 407 g/mol. The molecular formula is C21H23F2NO3S. The van der Waals surface area contributed by atoms with Crippen LogP contribution in [-0.4, -0.2) is 20.9 Å². The molecule has 4 nitrogen and oxygen atoms in total. The minimum absolute atomic E-state index is 0.0756. The quantitative estimate of drug-likeness (QED) is 0.725. The maximum absolute atomic E-state index is 14.0. The van der Waals surface area contributed by atoms with Crippen LogP contribution in [0.1, 0.15) is 42.0 Å². The fourth-order valence-corrected chi connectivity index (χ4v) is 5.00. The fraction of sp³-hybridized carbons (Fsp3) is 0.381. The number of carbonyl (C=O) groups is 1. The fourth-order valence-electron chi connectivity index (χ4n) is 3.51. The van der Waals surface area contributed by atoms with Gasteiger partial charge in [0, 0.05) is 24.2 Å². The van der Waals surface area contributed by atoms with Gasteiger partial charge in [0.1, 0.15) is 0 Å². The summed E-state index contributed by atoms with van der Waals surface area (Å²) in [6.45, 7) is 4.05. The summed E-state index contributed by atoms with van der Waals surface area (Å²) in [5.41, 5.74) is 2.32. The summed E-state index contributed by atoms with van der Waals surface area (Å²) in [4.78, 5) is 13.8. The lowest BCUT2D eigenvalue weighted by molar-refractivity contribution is -0.118. The van der Waals surface area contributed by atoms with E-state index in [1.54, 1.807) is 23.1 Å². The molecule has 3 rings (SSSR count). The van der Waals surface area contributed by atoms with Gasteiger partial charge in [-0.05, 0) is 42.5 Å². The molecule has 0 fully saturated rings. The molecule has 0 unspecified atom stereocenters. The number of halogens is 2. The first-order valence-corrected chi connectivity index (χ1v) is 11.1. The average molecular weight is 407 g/mol. The van der Waals surface area contributed by atoms with Gasteiger partial charge in [0.2, 0.25) is 5.91 Å². The van der Waals surface area contributed by atoms with E-state index in [2.05, 4.69) is 0 Å². The minimum Gasteiger partial charge on any atom is -0.312 e. The molecule has 1 aliphatic heterocycles. The normalized spacial score (nSPS) is 14.3. The predicted molar refractivity (Wildman–Crippen MR) is 105 cm³/mol. The molecule has 0 N–H and O–H groups in total. The number of rotatable bonds is 6. The average Bonchev–Trinajstić information content (AvgIpc) is 2.64. The Balaban J connectivity index is 1.82. The van der Waals surface area contributed by atoms with Crippen molar-refractivity contribution in [2.24, 2.45) is 0 Å². The zero-order chi connectivity index (χ0) is 20.5. The molecule has 1 heterocycles. The smallest absolute Gasteiger partial charge is 0.227 e. The van der Waals surface area contributed by atoms with E-state index in [1.807, 2.05) is 6.92 Å². The summed E-state index contributed by atoms with van der Waals surface area (Å²) in [6, 6.07) is 7.95. The van der Waals surface area contributed by atoms with Gasteiger partial charge >= 0.3 is 0 Å². The lowest BCUT2D eigenvalue weighted by Gasteiger charge is -2.29. The summed E-state index contributed by atoms with van der Waals surface area (Å²) >= 11 is 0. The van der Waals surface area contributed by atoms with Crippen molar-refractivity contribution in [1.29, 1.82) is 0 Å². The van der Waals surface area contributed by atoms with Gasteiger partial charge < -0.3 is 4.90 Å². The summed E-state index contributed by atoms with van der Waals surface area (Å²) < 4.78 is 52.8. The minimum atomic E-state index is -3.69. The highest BCUT2D eigenvalue weighted by Gasteiger charge is 2.25. The molecular weight excluding hydrogens is 384 g/mol. The molecule has 0 aliphatic carbocycles. The summed E-state index contributed by atoms with van der Waals surface area (Å²) in [6.07, 6.45) is 1.80. The molecule has 0 spiro atoms. The van der Waals surface area contributed by atoms with E-state index in [4.69, 9.17) is 0 Å². The van der Waals surface area contributed by atoms with Crippen molar-refractivity contribution in [3.63, 3.8) is 0 Å². The highest BCUT2D eigenvalue weighted by molar-refractivity contribution is 7.89. The van der Waals surface area contributed by atoms with Crippen molar-refractivity contribution in [3.05, 3.63) is 64.2 Å². The van der Waals surface area contributed by atoms with Crippen LogP contribution in [0.25, 0.3) is 0 Å². The molecule has 2 aromatic carbocycles. The van der Waals surface area contributed by atoms with Crippen molar-refractivity contribution in [2.75, 3.05) is 11.4 Å². The van der Waals surface area contributed by atoms with Gasteiger partial charge in [-0.3, -0.25) is 4.79 Å². The number of hydrogen-bond acceptors (Lipinski definition) is 3. The van der Waals surface area contributed by atoms with Crippen LogP contribution in [0, 0.1) is 18.6 Å². The molecule has 1 amide bonds. The highest BCUT2D eigenvalue weighted by atomic mass is 32.2. The highest BCUT2D eigenvalue weighted by Crippen LogP contribution is 2.30. The van der Waals surface area contributed by atoms with E-state index in [0.29, 0.717) is 24.9 Å². The zero-order valence-corrected chi connectivity index (χ0v) is 16.8. The number of nitrogens with zero attached hydrogens (tertiary/aromatic N) is 1. The number of aryl methyl sites for hydroxylation is 2. The maximum atomic E-state index is 14.0. The van der Waals surface area contributed by atoms with E-state index < -0.39 is 27.2 Å². The molecule has 150 valence electrons. The SMILES string of the molecule is CCCN1C(=O)CCc2cc(CS(=O)(=O)Cc3ccc(C)c(F)c3F)ccc21. The van der Waals surface area contributed by atoms with Crippen LogP contribution >= 0.6 is 0 Å². The van der Waals surface area contributed by atoms with Crippen molar-refractivity contribution in [1.82, 2.24) is 0 Å². The molecule has 1 aliphatic rings. The lowest BCUT2D eigenvalue weighted by Crippen LogP contribution is -2.35. The van der Waals surface area contributed by atoms with Crippen LogP contribution in [0.3, 0.4) is 0 Å². The van der Waals surface area contributed by atoms with Crippen LogP contribution in [0.4, 0.5) is 14.5 Å². The second kappa shape index (κ2) is 7.99. The first-order valence-electron chi connectivity index (χ1n) is 9.28. The number of fused-ring (bicyclic) bond motifs is 1. The Labute approximate surface area is 164 Å². The first kappa shape index (κ1) is 20.5. The third kappa shape index (κ3) is 4.24. The Morgan fingerprint density at radius 3 is 2.50 bits per heavy atom. The first-order chi connectivity index (χ1) is 13.2. The number of sulfone groups is 1. The van der Waals surface area contributed by atoms with E-state index in [9.17, 15) is 22.0 Å². The third-order valence-electron chi connectivity index (χ3n) is 4.91. The van der Waals surface area contributed by atoms with Crippen LogP contribution in [0.15, 0.2) is 30.3 Å². The molecule has 7 heteroatoms. The van der Waals surface area contributed by atoms with Crippen molar-refractivity contribution in [3.8, 4) is 0 Å². The van der Waals surface area contributed by atoms with Crippen molar-refractivity contribution < 1.29 is 22.0 Å². The van der Waals surface area contributed by atoms with Gasteiger partial charge in [-0.15, -0.1) is 0 Å². The Hall–Kier alpha value is -2.28. The summed E-state index contributed by atoms with van der Waals surface area (Å²) in [7, 11) is -3.69. The maximum Gasteiger partial charge on any atom is 0.227 e. The van der Waals surface area contributed by atoms with Crippen LogP contribution < -0.4 is 4.90 Å². The van der Waals surface area contributed by atoms with Gasteiger partial charge in [-0.2, -0.15) is 0 Å². The van der Waals surface area contributed by atoms with E-state index >= 15 is 0 Å². The topological polar surface area (TPSA) is 54.5 Å². The van der Waals surface area contributed by atoms with E-state index in [0.717, 1.165) is 17.7 Å². The van der Waals surface area contributed by atoms with Gasteiger partial charge in [0.05, 0.1) is 11.5 Å². The van der Waals surface area contributed by atoms with Crippen LogP contribution in [0.2, 0.25) is 0 Å². The number of amides is 1. The van der Waals surface area contributed by atoms with Crippen LogP contribution in [-0.2, 0) is 32.6 Å². The number of carbonyl (C=O) groups excluding carboxylic acids is 1. The van der Waals surface area contributed by atoms with Gasteiger partial charge in [0.25, 0.3) is 0 Å². The Morgan fingerprint density at radius 2 is 1.79 bits per heavy atom. The Kier molecular flexibility index (Phi) is 5.84. The van der Waals surface area contributed by atoms with Gasteiger partial charge in [-0.1, -0.05) is 31.2 Å². The summed E-state index contributed by atoms with van der Waals surface area (Å²) in [5, 5.41) is 0. The lowest BCUT2D eigenvalue weighted by atomic mass is 9.99. The number of anilines is 1. The van der Waals surface area contributed by atoms with Gasteiger partial charge in [-0.25, -0.2) is 17.2 Å². The molecule has 0 bridgehead atoms. The Bertz CT molecular complexity index is 1020. The molecule has 28 heavy (non-hydrogen) atoms. The van der Waals surface area contributed by atoms with E-state index in [1.165, 1.54) is 19.1 Å². The third-order valence-corrected chi connectivity index (χ3v) is 6.43. The molecule has 0 saturated heterocycles. The number of benzene rings is 2. The van der Waals surface area contributed by atoms with E-state index in [-0.39, 0.29) is 22.8 Å². The summed E-state index contributed by atoms with van der Waals surface area (Å²) in [5.74, 6) is -2.87. The predicted octanol–water partition coefficient (Wildman–Crippen LogP) is 4.08. The molecule has 0 aromatic heterocycles. The van der Waals surface area contributed by atoms with Gasteiger partial charge in [0.15, 0.2) is 21.5 Å². The second-order valence-electron chi connectivity index (χ2n) is 7.21. The molecule has 0 radical (unpaired) electrons. The van der Waals surface area contributed by atoms with Crippen molar-refractivity contribution in [2.45, 2.75) is 44.6 Å².